The fourth-order valence-corrected chi connectivity index (χ4v) is 2.51. The number of aliphatic hydroxyl groups excluding tert-OH is 1. The van der Waals surface area contributed by atoms with Gasteiger partial charge in [-0.05, 0) is 29.3 Å². The first-order chi connectivity index (χ1) is 9.15. The number of aliphatic hydroxyl groups is 1. The second-order valence-electron chi connectivity index (χ2n) is 4.19. The molecule has 0 bridgehead atoms. The molecule has 96 valence electrons. The minimum absolute atomic E-state index is 0.439. The predicted octanol–water partition coefficient (Wildman–Crippen LogP) is 2.97. The first kappa shape index (κ1) is 12.2. The summed E-state index contributed by atoms with van der Waals surface area (Å²) >= 11 is 3.41. The third kappa shape index (κ3) is 2.22. The van der Waals surface area contributed by atoms with Crippen molar-refractivity contribution >= 4 is 27.0 Å². The summed E-state index contributed by atoms with van der Waals surface area (Å²) in [5, 5.41) is 10.4. The summed E-state index contributed by atoms with van der Waals surface area (Å²) in [5.74, 6) is -0.498. The Labute approximate surface area is 116 Å². The fraction of sp³-hybridized carbons (Fsp3) is 0.0714. The van der Waals surface area contributed by atoms with E-state index in [0.29, 0.717) is 16.7 Å². The number of halogens is 1. The van der Waals surface area contributed by atoms with Crippen LogP contribution in [0, 0.1) is 0 Å². The van der Waals surface area contributed by atoms with E-state index < -0.39 is 11.9 Å². The molecule has 0 saturated carbocycles. The lowest BCUT2D eigenvalue weighted by Gasteiger charge is -2.12. The van der Waals surface area contributed by atoms with E-state index in [4.69, 9.17) is 4.42 Å². The van der Waals surface area contributed by atoms with Crippen molar-refractivity contribution in [2.24, 2.45) is 0 Å². The van der Waals surface area contributed by atoms with Gasteiger partial charge < -0.3 is 9.52 Å². The second-order valence-corrected chi connectivity index (χ2v) is 5.05. The summed E-state index contributed by atoms with van der Waals surface area (Å²) in [6, 6.07) is 12.6. The Bertz CT molecular complexity index is 790. The number of benzene rings is 2. The normalized spacial score (nSPS) is 12.7. The number of hydrogen-bond donors (Lipinski definition) is 2. The van der Waals surface area contributed by atoms with E-state index in [1.807, 2.05) is 24.3 Å². The Morgan fingerprint density at radius 1 is 1.21 bits per heavy atom. The molecule has 0 saturated heterocycles. The second kappa shape index (κ2) is 4.68. The molecular formula is C14H10BrNO3. The molecule has 2 N–H and O–H groups in total. The van der Waals surface area contributed by atoms with Crippen molar-refractivity contribution in [1.82, 2.24) is 4.98 Å². The van der Waals surface area contributed by atoms with Gasteiger partial charge in [0, 0.05) is 4.47 Å². The highest BCUT2D eigenvalue weighted by Gasteiger charge is 2.14. The molecule has 3 rings (SSSR count). The first-order valence-electron chi connectivity index (χ1n) is 5.70. The van der Waals surface area contributed by atoms with Crippen LogP contribution in [0.5, 0.6) is 0 Å². The number of hydrogen-bond acceptors (Lipinski definition) is 3. The third-order valence-corrected chi connectivity index (χ3v) is 3.68. The van der Waals surface area contributed by atoms with Crippen LogP contribution in [0.25, 0.3) is 11.1 Å². The third-order valence-electron chi connectivity index (χ3n) is 2.96. The quantitative estimate of drug-likeness (QED) is 0.763. The minimum atomic E-state index is -0.778. The van der Waals surface area contributed by atoms with Gasteiger partial charge in [0.2, 0.25) is 0 Å². The van der Waals surface area contributed by atoms with E-state index in [2.05, 4.69) is 20.9 Å². The van der Waals surface area contributed by atoms with Crippen molar-refractivity contribution in [3.05, 3.63) is 68.6 Å². The lowest BCUT2D eigenvalue weighted by atomic mass is 10.0. The van der Waals surface area contributed by atoms with E-state index in [0.717, 1.165) is 10.0 Å². The monoisotopic (exact) mass is 319 g/mol. The van der Waals surface area contributed by atoms with E-state index in [1.54, 1.807) is 18.2 Å². The van der Waals surface area contributed by atoms with E-state index in [-0.39, 0.29) is 0 Å². The van der Waals surface area contributed by atoms with Crippen LogP contribution in [0.15, 0.2) is 56.1 Å². The van der Waals surface area contributed by atoms with Crippen LogP contribution in [0.2, 0.25) is 0 Å². The molecule has 1 atom stereocenters. The molecule has 4 nitrogen and oxygen atoms in total. The first-order valence-corrected chi connectivity index (χ1v) is 6.50. The van der Waals surface area contributed by atoms with Crippen LogP contribution in [0.3, 0.4) is 0 Å². The topological polar surface area (TPSA) is 66.2 Å². The van der Waals surface area contributed by atoms with Gasteiger partial charge in [-0.25, -0.2) is 4.79 Å². The zero-order chi connectivity index (χ0) is 13.4. The van der Waals surface area contributed by atoms with Crippen LogP contribution >= 0.6 is 15.9 Å². The largest absolute Gasteiger partial charge is 0.417 e. The summed E-state index contributed by atoms with van der Waals surface area (Å²) in [5.41, 5.74) is 2.49. The van der Waals surface area contributed by atoms with Crippen LogP contribution < -0.4 is 5.76 Å². The maximum Gasteiger partial charge on any atom is 0.417 e. The summed E-state index contributed by atoms with van der Waals surface area (Å²) in [6.07, 6.45) is -0.778. The molecule has 1 unspecified atom stereocenters. The molecule has 0 fully saturated rings. The van der Waals surface area contributed by atoms with E-state index in [9.17, 15) is 9.90 Å². The lowest BCUT2D eigenvalue weighted by Crippen LogP contribution is -2.00. The van der Waals surface area contributed by atoms with Crippen molar-refractivity contribution < 1.29 is 9.52 Å². The average Bonchev–Trinajstić information content (AvgIpc) is 2.77. The molecule has 2 aromatic carbocycles. The van der Waals surface area contributed by atoms with Gasteiger partial charge in [-0.2, -0.15) is 0 Å². The number of rotatable bonds is 2. The molecule has 1 aromatic heterocycles. The number of H-pyrrole nitrogens is 1. The molecule has 0 amide bonds. The Kier molecular flexibility index (Phi) is 3.00. The molecule has 0 aliphatic rings. The zero-order valence-electron chi connectivity index (χ0n) is 9.76. The maximum atomic E-state index is 11.1. The Hall–Kier alpha value is -1.85. The summed E-state index contributed by atoms with van der Waals surface area (Å²) in [4.78, 5) is 13.7. The Morgan fingerprint density at radius 3 is 2.79 bits per heavy atom. The number of nitrogens with one attached hydrogen (secondary N) is 1. The summed E-state index contributed by atoms with van der Waals surface area (Å²) in [6.45, 7) is 0. The van der Waals surface area contributed by atoms with Gasteiger partial charge >= 0.3 is 5.76 Å². The maximum absolute atomic E-state index is 11.1. The van der Waals surface area contributed by atoms with E-state index >= 15 is 0 Å². The van der Waals surface area contributed by atoms with Crippen molar-refractivity contribution in [3.8, 4) is 0 Å². The van der Waals surface area contributed by atoms with Gasteiger partial charge in [0.25, 0.3) is 0 Å². The van der Waals surface area contributed by atoms with Crippen molar-refractivity contribution in [1.29, 1.82) is 0 Å². The van der Waals surface area contributed by atoms with Gasteiger partial charge in [-0.3, -0.25) is 4.98 Å². The van der Waals surface area contributed by atoms with Crippen LogP contribution in [0.1, 0.15) is 17.2 Å². The molecule has 3 aromatic rings. The molecule has 0 aliphatic carbocycles. The van der Waals surface area contributed by atoms with Gasteiger partial charge in [-0.1, -0.05) is 40.2 Å². The summed E-state index contributed by atoms with van der Waals surface area (Å²) in [7, 11) is 0. The number of fused-ring (bicyclic) bond motifs is 1. The zero-order valence-corrected chi connectivity index (χ0v) is 11.3. The average molecular weight is 320 g/mol. The van der Waals surface area contributed by atoms with Gasteiger partial charge in [0.15, 0.2) is 5.58 Å². The lowest BCUT2D eigenvalue weighted by molar-refractivity contribution is 0.219. The molecule has 5 heteroatoms. The van der Waals surface area contributed by atoms with Gasteiger partial charge in [-0.15, -0.1) is 0 Å². The van der Waals surface area contributed by atoms with Crippen LogP contribution in [0.4, 0.5) is 0 Å². The highest BCUT2D eigenvalue weighted by Crippen LogP contribution is 2.29. The smallest absolute Gasteiger partial charge is 0.408 e. The van der Waals surface area contributed by atoms with E-state index in [1.165, 1.54) is 0 Å². The van der Waals surface area contributed by atoms with Crippen LogP contribution in [-0.2, 0) is 0 Å². The van der Waals surface area contributed by atoms with Gasteiger partial charge in [0.05, 0.1) is 5.52 Å². The Morgan fingerprint density at radius 2 is 2.00 bits per heavy atom. The molecule has 0 aliphatic heterocycles. The van der Waals surface area contributed by atoms with Crippen molar-refractivity contribution in [2.75, 3.05) is 0 Å². The molecule has 0 spiro atoms. The Balaban J connectivity index is 2.08. The highest BCUT2D eigenvalue weighted by molar-refractivity contribution is 9.10. The number of aromatic nitrogens is 1. The SMILES string of the molecule is O=c1[nH]c2ccc(C(O)c3ccccc3Br)cc2o1. The summed E-state index contributed by atoms with van der Waals surface area (Å²) < 4.78 is 5.82. The van der Waals surface area contributed by atoms with Crippen LogP contribution in [-0.4, -0.2) is 10.1 Å². The molecule has 0 radical (unpaired) electrons. The molecule has 19 heavy (non-hydrogen) atoms. The number of aromatic amines is 1. The van der Waals surface area contributed by atoms with Crippen molar-refractivity contribution in [2.45, 2.75) is 6.10 Å². The minimum Gasteiger partial charge on any atom is -0.408 e. The molecule has 1 heterocycles. The standard InChI is InChI=1S/C14H10BrNO3/c15-10-4-2-1-3-9(10)13(17)8-5-6-11-12(7-8)19-14(18)16-11/h1-7,13,17H,(H,16,18). The molecular weight excluding hydrogens is 310 g/mol. The van der Waals surface area contributed by atoms with Crippen molar-refractivity contribution in [3.63, 3.8) is 0 Å². The number of oxazole rings is 1. The fourth-order valence-electron chi connectivity index (χ4n) is 2.01. The van der Waals surface area contributed by atoms with Gasteiger partial charge in [0.1, 0.15) is 6.10 Å². The predicted molar refractivity (Wildman–Crippen MR) is 75.0 cm³/mol. The highest BCUT2D eigenvalue weighted by atomic mass is 79.9.